The highest BCUT2D eigenvalue weighted by molar-refractivity contribution is 7.89. The summed E-state index contributed by atoms with van der Waals surface area (Å²) in [6.45, 7) is 4.23. The second-order valence-electron chi connectivity index (χ2n) is 5.22. The molecule has 7 nitrogen and oxygen atoms in total. The standard InChI is InChI=1S/C13H18N2O5S/c1-10(2)20-13-5-4-12(15(16)17)8-11(13)9-14-6-3-7-21(14,18)19/h4-5,8,10H,3,6-7,9H2,1-2H3. The van der Waals surface area contributed by atoms with Gasteiger partial charge >= 0.3 is 0 Å². The number of nitro benzene ring substituents is 1. The zero-order valence-corrected chi connectivity index (χ0v) is 12.8. The second-order valence-corrected chi connectivity index (χ2v) is 7.31. The number of hydrogen-bond donors (Lipinski definition) is 0. The van der Waals surface area contributed by atoms with Crippen LogP contribution in [-0.2, 0) is 16.6 Å². The molecule has 1 aromatic carbocycles. The SMILES string of the molecule is CC(C)Oc1ccc([N+](=O)[O-])cc1CN1CCCS1(=O)=O. The topological polar surface area (TPSA) is 89.8 Å². The summed E-state index contributed by atoms with van der Waals surface area (Å²) in [4.78, 5) is 10.4. The molecule has 8 heteroatoms. The minimum absolute atomic E-state index is 0.0716. The Morgan fingerprint density at radius 3 is 2.67 bits per heavy atom. The van der Waals surface area contributed by atoms with Crippen LogP contribution in [-0.4, -0.2) is 36.0 Å². The summed E-state index contributed by atoms with van der Waals surface area (Å²) in [7, 11) is -3.26. The molecule has 0 saturated carbocycles. The van der Waals surface area contributed by atoms with E-state index in [-0.39, 0.29) is 24.1 Å². The number of rotatable bonds is 5. The maximum Gasteiger partial charge on any atom is 0.270 e. The lowest BCUT2D eigenvalue weighted by Crippen LogP contribution is -2.25. The lowest BCUT2D eigenvalue weighted by Gasteiger charge is -2.18. The van der Waals surface area contributed by atoms with Gasteiger partial charge in [0.05, 0.1) is 16.8 Å². The van der Waals surface area contributed by atoms with Crippen molar-refractivity contribution in [3.05, 3.63) is 33.9 Å². The molecule has 0 N–H and O–H groups in total. The molecule has 0 bridgehead atoms. The number of nitro groups is 1. The van der Waals surface area contributed by atoms with Crippen LogP contribution in [0.15, 0.2) is 18.2 Å². The van der Waals surface area contributed by atoms with Gasteiger partial charge in [-0.15, -0.1) is 0 Å². The van der Waals surface area contributed by atoms with Crippen LogP contribution in [0.1, 0.15) is 25.8 Å². The van der Waals surface area contributed by atoms with E-state index in [0.717, 1.165) is 0 Å². The smallest absolute Gasteiger partial charge is 0.270 e. The Bertz CT molecular complexity index is 642. The Hall–Kier alpha value is -1.67. The summed E-state index contributed by atoms with van der Waals surface area (Å²) in [5.74, 6) is 0.611. The van der Waals surface area contributed by atoms with Gasteiger partial charge in [0.2, 0.25) is 10.0 Å². The van der Waals surface area contributed by atoms with Crippen LogP contribution in [0.5, 0.6) is 5.75 Å². The van der Waals surface area contributed by atoms with Crippen LogP contribution in [0.3, 0.4) is 0 Å². The minimum atomic E-state index is -3.26. The van der Waals surface area contributed by atoms with Gasteiger partial charge in [0.15, 0.2) is 0 Å². The van der Waals surface area contributed by atoms with E-state index in [9.17, 15) is 18.5 Å². The van der Waals surface area contributed by atoms with Gasteiger partial charge < -0.3 is 4.74 Å². The highest BCUT2D eigenvalue weighted by Crippen LogP contribution is 2.28. The van der Waals surface area contributed by atoms with E-state index in [4.69, 9.17) is 4.74 Å². The molecular weight excluding hydrogens is 296 g/mol. The maximum atomic E-state index is 11.9. The number of non-ortho nitro benzene ring substituents is 1. The fourth-order valence-electron chi connectivity index (χ4n) is 2.23. The van der Waals surface area contributed by atoms with E-state index in [1.807, 2.05) is 13.8 Å². The quantitative estimate of drug-likeness (QED) is 0.612. The summed E-state index contributed by atoms with van der Waals surface area (Å²) in [6.07, 6.45) is 0.484. The molecule has 116 valence electrons. The third kappa shape index (κ3) is 3.70. The molecule has 0 amide bonds. The predicted molar refractivity (Wildman–Crippen MR) is 77.7 cm³/mol. The van der Waals surface area contributed by atoms with Crippen LogP contribution in [0, 0.1) is 10.1 Å². The molecule has 0 aromatic heterocycles. The van der Waals surface area contributed by atoms with E-state index in [1.54, 1.807) is 0 Å². The number of ether oxygens (including phenoxy) is 1. The van der Waals surface area contributed by atoms with Gasteiger partial charge in [-0.05, 0) is 26.3 Å². The van der Waals surface area contributed by atoms with E-state index in [1.165, 1.54) is 22.5 Å². The molecule has 1 heterocycles. The first-order chi connectivity index (χ1) is 9.79. The van der Waals surface area contributed by atoms with Crippen molar-refractivity contribution in [1.82, 2.24) is 4.31 Å². The molecule has 0 atom stereocenters. The molecule has 0 aliphatic carbocycles. The van der Waals surface area contributed by atoms with Crippen molar-refractivity contribution in [3.8, 4) is 5.75 Å². The highest BCUT2D eigenvalue weighted by atomic mass is 32.2. The first kappa shape index (κ1) is 15.7. The lowest BCUT2D eigenvalue weighted by atomic mass is 10.1. The fourth-order valence-corrected chi connectivity index (χ4v) is 3.73. The maximum absolute atomic E-state index is 11.9. The first-order valence-electron chi connectivity index (χ1n) is 6.71. The molecule has 1 aliphatic rings. The van der Waals surface area contributed by atoms with Crippen molar-refractivity contribution in [2.24, 2.45) is 0 Å². The van der Waals surface area contributed by atoms with E-state index in [2.05, 4.69) is 0 Å². The summed E-state index contributed by atoms with van der Waals surface area (Å²) in [5, 5.41) is 10.9. The third-order valence-corrected chi connectivity index (χ3v) is 5.07. The molecule has 0 spiro atoms. The Balaban J connectivity index is 2.34. The van der Waals surface area contributed by atoms with Gasteiger partial charge in [0.25, 0.3) is 5.69 Å². The van der Waals surface area contributed by atoms with Gasteiger partial charge in [-0.1, -0.05) is 0 Å². The summed E-state index contributed by atoms with van der Waals surface area (Å²) in [5.41, 5.74) is 0.445. The van der Waals surface area contributed by atoms with Crippen LogP contribution in [0.2, 0.25) is 0 Å². The minimum Gasteiger partial charge on any atom is -0.491 e. The monoisotopic (exact) mass is 314 g/mol. The molecule has 1 saturated heterocycles. The third-order valence-electron chi connectivity index (χ3n) is 3.17. The molecule has 1 aliphatic heterocycles. The molecule has 21 heavy (non-hydrogen) atoms. The van der Waals surface area contributed by atoms with Crippen molar-refractivity contribution in [3.63, 3.8) is 0 Å². The predicted octanol–water partition coefficient (Wildman–Crippen LogP) is 1.92. The number of benzene rings is 1. The van der Waals surface area contributed by atoms with Crippen LogP contribution in [0.4, 0.5) is 5.69 Å². The zero-order chi connectivity index (χ0) is 15.6. The molecular formula is C13H18N2O5S. The van der Waals surface area contributed by atoms with Gasteiger partial charge in [0, 0.05) is 30.8 Å². The molecule has 1 aromatic rings. The number of sulfonamides is 1. The van der Waals surface area contributed by atoms with Gasteiger partial charge in [-0.2, -0.15) is 4.31 Å². The summed E-state index contributed by atoms with van der Waals surface area (Å²) < 4.78 is 30.7. The number of hydrogen-bond acceptors (Lipinski definition) is 5. The summed E-state index contributed by atoms with van der Waals surface area (Å²) in [6, 6.07) is 4.27. The lowest BCUT2D eigenvalue weighted by molar-refractivity contribution is -0.385. The molecule has 2 rings (SSSR count). The Morgan fingerprint density at radius 1 is 1.43 bits per heavy atom. The summed E-state index contributed by atoms with van der Waals surface area (Å²) >= 11 is 0. The van der Waals surface area contributed by atoms with Gasteiger partial charge in [-0.3, -0.25) is 10.1 Å². The van der Waals surface area contributed by atoms with Crippen LogP contribution >= 0.6 is 0 Å². The highest BCUT2D eigenvalue weighted by Gasteiger charge is 2.29. The Morgan fingerprint density at radius 2 is 2.14 bits per heavy atom. The van der Waals surface area contributed by atoms with Gasteiger partial charge in [-0.25, -0.2) is 8.42 Å². The zero-order valence-electron chi connectivity index (χ0n) is 12.0. The fraction of sp³-hybridized carbons (Fsp3) is 0.538. The average Bonchev–Trinajstić information content (AvgIpc) is 2.70. The first-order valence-corrected chi connectivity index (χ1v) is 8.32. The van der Waals surface area contributed by atoms with E-state index < -0.39 is 14.9 Å². The van der Waals surface area contributed by atoms with Crippen LogP contribution in [0.25, 0.3) is 0 Å². The Kier molecular flexibility index (Phi) is 4.48. The van der Waals surface area contributed by atoms with Gasteiger partial charge in [0.1, 0.15) is 5.75 Å². The van der Waals surface area contributed by atoms with Crippen molar-refractivity contribution in [2.75, 3.05) is 12.3 Å². The van der Waals surface area contributed by atoms with Crippen molar-refractivity contribution < 1.29 is 18.1 Å². The average molecular weight is 314 g/mol. The Labute approximate surface area is 123 Å². The number of nitrogens with zero attached hydrogens (tertiary/aromatic N) is 2. The largest absolute Gasteiger partial charge is 0.491 e. The van der Waals surface area contributed by atoms with E-state index >= 15 is 0 Å². The van der Waals surface area contributed by atoms with Crippen molar-refractivity contribution in [1.29, 1.82) is 0 Å². The molecule has 0 unspecified atom stereocenters. The molecule has 0 radical (unpaired) electrons. The molecule has 1 fully saturated rings. The second kappa shape index (κ2) is 5.98. The van der Waals surface area contributed by atoms with Crippen LogP contribution < -0.4 is 4.74 Å². The van der Waals surface area contributed by atoms with E-state index in [0.29, 0.717) is 24.3 Å². The normalized spacial score (nSPS) is 18.0. The van der Waals surface area contributed by atoms with Crippen molar-refractivity contribution >= 4 is 15.7 Å². The van der Waals surface area contributed by atoms with Crippen molar-refractivity contribution in [2.45, 2.75) is 32.9 Å².